The zero-order valence-electron chi connectivity index (χ0n) is 10.2. The van der Waals surface area contributed by atoms with Crippen LogP contribution in [-0.4, -0.2) is 18.2 Å². The Morgan fingerprint density at radius 2 is 1.94 bits per heavy atom. The van der Waals surface area contributed by atoms with Crippen molar-refractivity contribution in [3.8, 4) is 0 Å². The average Bonchev–Trinajstić information content (AvgIpc) is 2.84. The molecule has 2 aliphatic carbocycles. The van der Waals surface area contributed by atoms with E-state index < -0.39 is 0 Å². The zero-order valence-corrected chi connectivity index (χ0v) is 10.2. The van der Waals surface area contributed by atoms with Gasteiger partial charge in [0.2, 0.25) is 0 Å². The first-order chi connectivity index (χ1) is 8.74. The number of fused-ring (bicyclic) bond motifs is 1. The summed E-state index contributed by atoms with van der Waals surface area (Å²) < 4.78 is 5.19. The smallest absolute Gasteiger partial charge is 0.407 e. The van der Waals surface area contributed by atoms with E-state index in [9.17, 15) is 4.79 Å². The van der Waals surface area contributed by atoms with E-state index in [0.717, 1.165) is 18.4 Å². The van der Waals surface area contributed by atoms with Crippen molar-refractivity contribution in [3.05, 3.63) is 35.9 Å². The summed E-state index contributed by atoms with van der Waals surface area (Å²) in [5.74, 6) is 1.17. The first-order valence-corrected chi connectivity index (χ1v) is 6.47. The summed E-state index contributed by atoms with van der Waals surface area (Å²) in [5.41, 5.74) is 6.84. The van der Waals surface area contributed by atoms with Gasteiger partial charge in [0.15, 0.2) is 0 Å². The Labute approximate surface area is 107 Å². The van der Waals surface area contributed by atoms with Crippen LogP contribution in [0.4, 0.5) is 4.79 Å². The van der Waals surface area contributed by atoms with E-state index in [1.807, 2.05) is 30.3 Å². The van der Waals surface area contributed by atoms with Gasteiger partial charge < -0.3 is 15.8 Å². The maximum absolute atomic E-state index is 11.6. The van der Waals surface area contributed by atoms with Gasteiger partial charge in [-0.2, -0.15) is 0 Å². The van der Waals surface area contributed by atoms with Crippen LogP contribution in [-0.2, 0) is 11.3 Å². The van der Waals surface area contributed by atoms with Crippen LogP contribution in [0.2, 0.25) is 0 Å². The Morgan fingerprint density at radius 3 is 2.61 bits per heavy atom. The molecule has 4 nitrogen and oxygen atoms in total. The fourth-order valence-corrected chi connectivity index (χ4v) is 3.00. The second-order valence-electron chi connectivity index (χ2n) is 5.29. The van der Waals surface area contributed by atoms with Gasteiger partial charge in [-0.15, -0.1) is 0 Å². The lowest BCUT2D eigenvalue weighted by atomic mass is 10.1. The number of nitrogens with one attached hydrogen (secondary N) is 1. The van der Waals surface area contributed by atoms with E-state index in [1.165, 1.54) is 0 Å². The van der Waals surface area contributed by atoms with Crippen LogP contribution in [0.15, 0.2) is 30.3 Å². The number of carbonyl (C=O) groups is 1. The molecule has 0 heterocycles. The molecule has 1 amide bonds. The van der Waals surface area contributed by atoms with Crippen molar-refractivity contribution >= 4 is 6.09 Å². The highest BCUT2D eigenvalue weighted by Gasteiger charge is 2.56. The Hall–Kier alpha value is -1.55. The third-order valence-electron chi connectivity index (χ3n) is 3.98. The number of rotatable bonds is 3. The number of hydrogen-bond donors (Lipinski definition) is 2. The molecule has 4 heteroatoms. The number of ether oxygens (including phenoxy) is 1. The van der Waals surface area contributed by atoms with Gasteiger partial charge in [-0.1, -0.05) is 30.3 Å². The van der Waals surface area contributed by atoms with Crippen molar-refractivity contribution in [1.82, 2.24) is 5.32 Å². The normalized spacial score (nSPS) is 32.7. The Balaban J connectivity index is 1.41. The van der Waals surface area contributed by atoms with Crippen LogP contribution in [0.3, 0.4) is 0 Å². The summed E-state index contributed by atoms with van der Waals surface area (Å²) in [6.45, 7) is 0.328. The highest BCUT2D eigenvalue weighted by Crippen LogP contribution is 2.51. The topological polar surface area (TPSA) is 64.3 Å². The Bertz CT molecular complexity index is 423. The molecule has 0 aliphatic heterocycles. The molecule has 3 rings (SSSR count). The molecule has 2 saturated carbocycles. The number of hydrogen-bond acceptors (Lipinski definition) is 3. The van der Waals surface area contributed by atoms with Gasteiger partial charge in [0.25, 0.3) is 0 Å². The molecule has 2 unspecified atom stereocenters. The van der Waals surface area contributed by atoms with E-state index in [4.69, 9.17) is 10.5 Å². The SMILES string of the molecule is NC1CC2C(C1)C2NC(=O)OCc1ccccc1. The molecule has 1 aromatic carbocycles. The van der Waals surface area contributed by atoms with Crippen molar-refractivity contribution in [2.24, 2.45) is 17.6 Å². The van der Waals surface area contributed by atoms with Crippen LogP contribution < -0.4 is 11.1 Å². The third-order valence-corrected chi connectivity index (χ3v) is 3.98. The molecule has 0 aromatic heterocycles. The van der Waals surface area contributed by atoms with Gasteiger partial charge >= 0.3 is 6.09 Å². The number of nitrogens with two attached hydrogens (primary N) is 1. The van der Waals surface area contributed by atoms with Crippen LogP contribution in [0.5, 0.6) is 0 Å². The van der Waals surface area contributed by atoms with Crippen molar-refractivity contribution in [2.75, 3.05) is 0 Å². The highest BCUT2D eigenvalue weighted by molar-refractivity contribution is 5.68. The zero-order chi connectivity index (χ0) is 12.5. The predicted molar refractivity (Wildman–Crippen MR) is 67.7 cm³/mol. The molecule has 1 aromatic rings. The molecule has 0 radical (unpaired) electrons. The number of carbonyl (C=O) groups excluding carboxylic acids is 1. The summed E-state index contributed by atoms with van der Waals surface area (Å²) in [7, 11) is 0. The van der Waals surface area contributed by atoms with Crippen molar-refractivity contribution in [1.29, 1.82) is 0 Å². The first kappa shape index (κ1) is 11.5. The number of amides is 1. The highest BCUT2D eigenvalue weighted by atomic mass is 16.5. The minimum atomic E-state index is -0.313. The van der Waals surface area contributed by atoms with Crippen molar-refractivity contribution < 1.29 is 9.53 Å². The number of benzene rings is 1. The van der Waals surface area contributed by atoms with Crippen molar-refractivity contribution in [2.45, 2.75) is 31.5 Å². The molecule has 2 fully saturated rings. The molecule has 18 heavy (non-hydrogen) atoms. The maximum Gasteiger partial charge on any atom is 0.407 e. The van der Waals surface area contributed by atoms with Gasteiger partial charge in [-0.3, -0.25) is 0 Å². The summed E-state index contributed by atoms with van der Waals surface area (Å²) in [6.07, 6.45) is 1.76. The summed E-state index contributed by atoms with van der Waals surface area (Å²) in [4.78, 5) is 11.6. The molecule has 0 bridgehead atoms. The quantitative estimate of drug-likeness (QED) is 0.852. The summed E-state index contributed by atoms with van der Waals surface area (Å²) in [5, 5.41) is 2.93. The third kappa shape index (κ3) is 2.34. The molecular weight excluding hydrogens is 228 g/mol. The average molecular weight is 246 g/mol. The monoisotopic (exact) mass is 246 g/mol. The van der Waals surface area contributed by atoms with E-state index in [0.29, 0.717) is 30.5 Å². The largest absolute Gasteiger partial charge is 0.445 e. The lowest BCUT2D eigenvalue weighted by Crippen LogP contribution is -2.31. The lowest BCUT2D eigenvalue weighted by Gasteiger charge is -2.11. The van der Waals surface area contributed by atoms with E-state index in [1.54, 1.807) is 0 Å². The van der Waals surface area contributed by atoms with Crippen LogP contribution >= 0.6 is 0 Å². The van der Waals surface area contributed by atoms with E-state index in [-0.39, 0.29) is 6.09 Å². The van der Waals surface area contributed by atoms with Crippen LogP contribution in [0, 0.1) is 11.8 Å². The second-order valence-corrected chi connectivity index (χ2v) is 5.29. The fourth-order valence-electron chi connectivity index (χ4n) is 3.00. The van der Waals surface area contributed by atoms with Gasteiger partial charge in [-0.25, -0.2) is 4.79 Å². The molecule has 3 N–H and O–H groups in total. The Kier molecular flexibility index (Phi) is 2.96. The molecule has 2 aliphatic rings. The Morgan fingerprint density at radius 1 is 1.28 bits per heavy atom. The molecule has 96 valence electrons. The standard InChI is InChI=1S/C14H18N2O2/c15-10-6-11-12(7-10)13(11)16-14(17)18-8-9-4-2-1-3-5-9/h1-5,10-13H,6-8,15H2,(H,16,17). The van der Waals surface area contributed by atoms with Gasteiger partial charge in [0.05, 0.1) is 0 Å². The number of alkyl carbamates (subject to hydrolysis) is 1. The summed E-state index contributed by atoms with van der Waals surface area (Å²) in [6, 6.07) is 10.3. The molecular formula is C14H18N2O2. The molecule has 2 atom stereocenters. The minimum Gasteiger partial charge on any atom is -0.445 e. The molecule has 0 spiro atoms. The second kappa shape index (κ2) is 4.61. The fraction of sp³-hybridized carbons (Fsp3) is 0.500. The van der Waals surface area contributed by atoms with Gasteiger partial charge in [0.1, 0.15) is 6.61 Å². The van der Waals surface area contributed by atoms with E-state index in [2.05, 4.69) is 5.32 Å². The van der Waals surface area contributed by atoms with Crippen molar-refractivity contribution in [3.63, 3.8) is 0 Å². The first-order valence-electron chi connectivity index (χ1n) is 6.47. The maximum atomic E-state index is 11.6. The van der Waals surface area contributed by atoms with Gasteiger partial charge in [0, 0.05) is 12.1 Å². The lowest BCUT2D eigenvalue weighted by molar-refractivity contribution is 0.137. The van der Waals surface area contributed by atoms with E-state index >= 15 is 0 Å². The molecule has 0 saturated heterocycles. The summed E-state index contributed by atoms with van der Waals surface area (Å²) >= 11 is 0. The van der Waals surface area contributed by atoms with Gasteiger partial charge in [-0.05, 0) is 30.2 Å². The minimum absolute atomic E-state index is 0.299. The van der Waals surface area contributed by atoms with Crippen LogP contribution in [0.25, 0.3) is 0 Å². The van der Waals surface area contributed by atoms with Crippen LogP contribution in [0.1, 0.15) is 18.4 Å². The predicted octanol–water partition coefficient (Wildman–Crippen LogP) is 1.65.